The zero-order valence-corrected chi connectivity index (χ0v) is 14.3. The molecule has 7 nitrogen and oxygen atoms in total. The van der Waals surface area contributed by atoms with E-state index in [4.69, 9.17) is 14.2 Å². The van der Waals surface area contributed by atoms with Crippen molar-refractivity contribution in [3.63, 3.8) is 0 Å². The molecule has 1 heterocycles. The van der Waals surface area contributed by atoms with Gasteiger partial charge in [-0.1, -0.05) is 46.7 Å². The summed E-state index contributed by atoms with van der Waals surface area (Å²) in [5.41, 5.74) is 0.429. The summed E-state index contributed by atoms with van der Waals surface area (Å²) < 4.78 is 30.9. The van der Waals surface area contributed by atoms with Crippen molar-refractivity contribution in [1.29, 1.82) is 0 Å². The molecule has 134 valence electrons. The Morgan fingerprint density at radius 3 is 2.56 bits per heavy atom. The highest BCUT2D eigenvalue weighted by atomic mass is 19.1. The molecule has 0 spiro atoms. The molecule has 0 saturated carbocycles. The number of aromatic nitrogens is 3. The molecule has 0 fully saturated rings. The number of ketones is 1. The Hall–Kier alpha value is -2.42. The molecule has 1 aromatic carbocycles. The smallest absolute Gasteiger partial charge is 0.324 e. The number of benzene rings is 1. The number of halogens is 1. The van der Waals surface area contributed by atoms with Gasteiger partial charge in [0.2, 0.25) is 0 Å². The normalized spacial score (nSPS) is 12.8. The Morgan fingerprint density at radius 1 is 1.36 bits per heavy atom. The average Bonchev–Trinajstić information content (AvgIpc) is 3.04. The van der Waals surface area contributed by atoms with Gasteiger partial charge in [-0.2, -0.15) is 4.39 Å². The molecule has 0 bridgehead atoms. The van der Waals surface area contributed by atoms with Crippen molar-refractivity contribution in [1.82, 2.24) is 15.0 Å². The summed E-state index contributed by atoms with van der Waals surface area (Å²) >= 11 is 0. The fraction of sp³-hybridized carbons (Fsp3) is 0.353. The van der Waals surface area contributed by atoms with Crippen LogP contribution in [-0.4, -0.2) is 47.6 Å². The largest absolute Gasteiger partial charge is 0.353 e. The third-order valence-corrected chi connectivity index (χ3v) is 3.72. The Kier molecular flexibility index (Phi) is 6.13. The Balaban J connectivity index is 2.46. The Morgan fingerprint density at radius 2 is 2.00 bits per heavy atom. The molecule has 0 radical (unpaired) electrons. The first-order valence-electron chi connectivity index (χ1n) is 7.56. The minimum Gasteiger partial charge on any atom is -0.324 e. The van der Waals surface area contributed by atoms with Gasteiger partial charge in [-0.15, -0.1) is 6.58 Å². The van der Waals surface area contributed by atoms with E-state index in [0.29, 0.717) is 0 Å². The van der Waals surface area contributed by atoms with Crippen molar-refractivity contribution < 1.29 is 23.4 Å². The van der Waals surface area contributed by atoms with Gasteiger partial charge < -0.3 is 14.2 Å². The predicted octanol–water partition coefficient (Wildman–Crippen LogP) is 2.36. The number of carbonyl (C=O) groups is 1. The second-order valence-electron chi connectivity index (χ2n) is 5.15. The molecule has 1 atom stereocenters. The van der Waals surface area contributed by atoms with Gasteiger partial charge in [-0.3, -0.25) is 4.79 Å². The van der Waals surface area contributed by atoms with Gasteiger partial charge in [0.05, 0.1) is 12.6 Å². The first-order chi connectivity index (χ1) is 12.0. The van der Waals surface area contributed by atoms with Crippen LogP contribution in [0.4, 0.5) is 4.39 Å². The Bertz CT molecular complexity index is 729. The van der Waals surface area contributed by atoms with E-state index in [0.717, 1.165) is 5.56 Å². The molecule has 0 unspecified atom stereocenters. The van der Waals surface area contributed by atoms with Crippen molar-refractivity contribution in [3.05, 3.63) is 60.2 Å². The van der Waals surface area contributed by atoms with Gasteiger partial charge in [0.25, 0.3) is 11.7 Å². The van der Waals surface area contributed by atoms with Crippen molar-refractivity contribution in [2.45, 2.75) is 18.9 Å². The highest BCUT2D eigenvalue weighted by molar-refractivity contribution is 5.99. The van der Waals surface area contributed by atoms with E-state index in [9.17, 15) is 9.18 Å². The molecule has 0 saturated heterocycles. The highest BCUT2D eigenvalue weighted by Gasteiger charge is 2.45. The van der Waals surface area contributed by atoms with Crippen molar-refractivity contribution in [2.24, 2.45) is 0 Å². The van der Waals surface area contributed by atoms with Gasteiger partial charge in [-0.25, -0.2) is 4.68 Å². The number of rotatable bonds is 9. The lowest BCUT2D eigenvalue weighted by Crippen LogP contribution is -2.47. The molecular formula is C17H20FN3O4. The third kappa shape index (κ3) is 3.65. The number of carbonyl (C=O) groups excluding carboxylic acids is 1. The van der Waals surface area contributed by atoms with E-state index < -0.39 is 29.4 Å². The second kappa shape index (κ2) is 8.11. The number of Topliss-reactive ketones (excluding diaryl/α,β-unsaturated/α-hetero) is 1. The number of hydrogen-bond acceptors (Lipinski definition) is 6. The SMILES string of the molecule is C=CCOC(OC)(OC)C(=O)c1c(F)nnn1[C@H](C)c1ccccc1. The maximum Gasteiger partial charge on any atom is 0.353 e. The van der Waals surface area contributed by atoms with Crippen molar-refractivity contribution in [2.75, 3.05) is 20.8 Å². The minimum atomic E-state index is -2.12. The van der Waals surface area contributed by atoms with Crippen LogP contribution in [0.25, 0.3) is 0 Å². The monoisotopic (exact) mass is 349 g/mol. The van der Waals surface area contributed by atoms with E-state index in [-0.39, 0.29) is 6.61 Å². The summed E-state index contributed by atoms with van der Waals surface area (Å²) in [6.45, 7) is 5.24. The maximum atomic E-state index is 14.3. The molecule has 2 aromatic rings. The molecule has 0 aliphatic rings. The van der Waals surface area contributed by atoms with Crippen LogP contribution in [0.1, 0.15) is 29.0 Å². The number of hydrogen-bond donors (Lipinski definition) is 0. The molecule has 8 heteroatoms. The summed E-state index contributed by atoms with van der Waals surface area (Å²) in [6.07, 6.45) is 1.42. The molecule has 0 aliphatic carbocycles. The topological polar surface area (TPSA) is 75.5 Å². The van der Waals surface area contributed by atoms with Crippen molar-refractivity contribution in [3.8, 4) is 0 Å². The van der Waals surface area contributed by atoms with E-state index in [1.165, 1.54) is 25.0 Å². The number of ether oxygens (including phenoxy) is 3. The summed E-state index contributed by atoms with van der Waals surface area (Å²) in [6, 6.07) is 8.76. The van der Waals surface area contributed by atoms with Gasteiger partial charge in [-0.05, 0) is 12.5 Å². The van der Waals surface area contributed by atoms with Crippen LogP contribution < -0.4 is 0 Å². The second-order valence-corrected chi connectivity index (χ2v) is 5.15. The van der Waals surface area contributed by atoms with Crippen molar-refractivity contribution >= 4 is 5.78 Å². The van der Waals surface area contributed by atoms with E-state index >= 15 is 0 Å². The molecule has 0 N–H and O–H groups in total. The summed E-state index contributed by atoms with van der Waals surface area (Å²) in [5, 5.41) is 7.14. The molecule has 0 amide bonds. The zero-order chi connectivity index (χ0) is 18.4. The molecule has 0 aliphatic heterocycles. The highest BCUT2D eigenvalue weighted by Crippen LogP contribution is 2.25. The van der Waals surface area contributed by atoms with E-state index in [2.05, 4.69) is 16.9 Å². The van der Waals surface area contributed by atoms with Crippen LogP contribution in [0.15, 0.2) is 43.0 Å². The lowest BCUT2D eigenvalue weighted by atomic mass is 10.1. The van der Waals surface area contributed by atoms with Crippen LogP contribution >= 0.6 is 0 Å². The number of nitrogens with zero attached hydrogens (tertiary/aromatic N) is 3. The first-order valence-corrected chi connectivity index (χ1v) is 7.56. The molecule has 25 heavy (non-hydrogen) atoms. The van der Waals surface area contributed by atoms with Gasteiger partial charge in [0.15, 0.2) is 5.69 Å². The summed E-state index contributed by atoms with van der Waals surface area (Å²) in [7, 11) is 2.44. The minimum absolute atomic E-state index is 0.0369. The summed E-state index contributed by atoms with van der Waals surface area (Å²) in [5.74, 6) is -4.04. The van der Waals surface area contributed by atoms with Gasteiger partial charge in [0.1, 0.15) is 0 Å². The predicted molar refractivity (Wildman–Crippen MR) is 87.5 cm³/mol. The molecule has 1 aromatic heterocycles. The summed E-state index contributed by atoms with van der Waals surface area (Å²) in [4.78, 5) is 12.9. The lowest BCUT2D eigenvalue weighted by Gasteiger charge is -2.28. The van der Waals surface area contributed by atoms with Crippen LogP contribution in [0.3, 0.4) is 0 Å². The Labute approximate surface area is 145 Å². The van der Waals surface area contributed by atoms with E-state index in [1.54, 1.807) is 6.92 Å². The van der Waals surface area contributed by atoms with Crippen LogP contribution in [-0.2, 0) is 14.2 Å². The fourth-order valence-corrected chi connectivity index (χ4v) is 2.38. The third-order valence-electron chi connectivity index (χ3n) is 3.72. The lowest BCUT2D eigenvalue weighted by molar-refractivity contribution is -0.319. The first kappa shape index (κ1) is 18.9. The fourth-order valence-electron chi connectivity index (χ4n) is 2.38. The van der Waals surface area contributed by atoms with E-state index in [1.807, 2.05) is 30.3 Å². The maximum absolute atomic E-state index is 14.3. The molecular weight excluding hydrogens is 329 g/mol. The van der Waals surface area contributed by atoms with Gasteiger partial charge >= 0.3 is 5.97 Å². The molecule has 2 rings (SSSR count). The zero-order valence-electron chi connectivity index (χ0n) is 14.3. The average molecular weight is 349 g/mol. The standard InChI is InChI=1S/C17H20FN3O4/c1-5-11-25-17(23-3,24-4)15(22)14-16(18)19-20-21(14)12(2)13-9-7-6-8-10-13/h5-10,12H,1,11H2,2-4H3/t12-/m1/s1. The number of methoxy groups -OCH3 is 2. The van der Waals surface area contributed by atoms with Crippen LogP contribution in [0.5, 0.6) is 0 Å². The van der Waals surface area contributed by atoms with Crippen LogP contribution in [0, 0.1) is 5.95 Å². The van der Waals surface area contributed by atoms with Crippen LogP contribution in [0.2, 0.25) is 0 Å². The van der Waals surface area contributed by atoms with Gasteiger partial charge in [0, 0.05) is 14.2 Å². The quantitative estimate of drug-likeness (QED) is 0.393.